The molecule has 1 aliphatic carbocycles. The number of pyridine rings is 1. The number of carboxylic acids is 1. The van der Waals surface area contributed by atoms with Crippen molar-refractivity contribution < 1.29 is 33.7 Å². The number of piperidine rings is 1. The zero-order valence-electron chi connectivity index (χ0n) is 29.9. The monoisotopic (exact) mass is 696 g/mol. The summed E-state index contributed by atoms with van der Waals surface area (Å²) in [5.41, 5.74) is 4.39. The van der Waals surface area contributed by atoms with E-state index in [-0.39, 0.29) is 30.3 Å². The average molecular weight is 697 g/mol. The molecular formula is C40H48N4O7. The fraction of sp³-hybridized carbons (Fsp3) is 0.450. The van der Waals surface area contributed by atoms with Gasteiger partial charge in [0, 0.05) is 80.9 Å². The lowest BCUT2D eigenvalue weighted by atomic mass is 9.79. The molecule has 2 amide bonds. The molecule has 4 aromatic rings. The van der Waals surface area contributed by atoms with E-state index in [0.29, 0.717) is 26.1 Å². The van der Waals surface area contributed by atoms with E-state index in [0.717, 1.165) is 59.0 Å². The molecule has 0 bridgehead atoms. The summed E-state index contributed by atoms with van der Waals surface area (Å²) in [6.45, 7) is 7.84. The highest BCUT2D eigenvalue weighted by Gasteiger charge is 2.43. The number of benzene rings is 2. The maximum Gasteiger partial charge on any atom is 0.410 e. The SMILES string of the molecule is COCCCn1cc(CN(C(=O)[C@H]2CN(C(=O)OC(C)(C)C)CC[C@@H]2c2cccc(-c3ccc(OCC(=O)O)nc3)c2)C2CC2)c2ccccc21. The molecule has 2 atom stereocenters. The number of methoxy groups -OCH3 is 1. The number of aromatic nitrogens is 2. The van der Waals surface area contributed by atoms with Crippen LogP contribution in [0.2, 0.25) is 0 Å². The Morgan fingerprint density at radius 3 is 2.51 bits per heavy atom. The van der Waals surface area contributed by atoms with Gasteiger partial charge in [-0.1, -0.05) is 42.5 Å². The second kappa shape index (κ2) is 15.6. The third-order valence-electron chi connectivity index (χ3n) is 9.54. The molecule has 1 saturated carbocycles. The number of carbonyl (C=O) groups excluding carboxylic acids is 2. The number of hydrogen-bond acceptors (Lipinski definition) is 7. The number of hydrogen-bond donors (Lipinski definition) is 1. The Labute approximate surface area is 299 Å². The molecule has 0 spiro atoms. The second-order valence-corrected chi connectivity index (χ2v) is 14.5. The summed E-state index contributed by atoms with van der Waals surface area (Å²) in [6.07, 6.45) is 6.86. The molecule has 1 aliphatic heterocycles. The summed E-state index contributed by atoms with van der Waals surface area (Å²) in [5.74, 6) is -1.38. The normalized spacial score (nSPS) is 17.7. The number of carboxylic acid groups (broad SMARTS) is 1. The highest BCUT2D eigenvalue weighted by atomic mass is 16.6. The highest BCUT2D eigenvalue weighted by molar-refractivity contribution is 5.86. The fourth-order valence-corrected chi connectivity index (χ4v) is 7.00. The molecule has 2 aromatic heterocycles. The first-order valence-corrected chi connectivity index (χ1v) is 17.8. The smallest absolute Gasteiger partial charge is 0.410 e. The predicted molar refractivity (Wildman–Crippen MR) is 193 cm³/mol. The lowest BCUT2D eigenvalue weighted by Crippen LogP contribution is -2.51. The lowest BCUT2D eigenvalue weighted by Gasteiger charge is -2.40. The van der Waals surface area contributed by atoms with Crippen molar-refractivity contribution in [3.05, 3.63) is 84.2 Å². The molecular weight excluding hydrogens is 648 g/mol. The Bertz CT molecular complexity index is 1840. The number of likely N-dealkylation sites (tertiary alicyclic amines) is 1. The van der Waals surface area contributed by atoms with Gasteiger partial charge in [0.25, 0.3) is 0 Å². The van der Waals surface area contributed by atoms with Crippen molar-refractivity contribution in [3.8, 4) is 17.0 Å². The van der Waals surface area contributed by atoms with E-state index in [2.05, 4.69) is 44.9 Å². The Morgan fingerprint density at radius 1 is 1.00 bits per heavy atom. The second-order valence-electron chi connectivity index (χ2n) is 14.5. The number of aliphatic carboxylic acids is 1. The van der Waals surface area contributed by atoms with Gasteiger partial charge in [0.2, 0.25) is 11.8 Å². The van der Waals surface area contributed by atoms with Crippen LogP contribution >= 0.6 is 0 Å². The van der Waals surface area contributed by atoms with Crippen LogP contribution in [0.3, 0.4) is 0 Å². The maximum atomic E-state index is 14.9. The minimum Gasteiger partial charge on any atom is -0.479 e. The molecule has 1 N–H and O–H groups in total. The van der Waals surface area contributed by atoms with Crippen LogP contribution in [0.4, 0.5) is 4.79 Å². The number of nitrogens with zero attached hydrogens (tertiary/aromatic N) is 4. The van der Waals surface area contributed by atoms with Crippen LogP contribution in [-0.2, 0) is 32.2 Å². The lowest BCUT2D eigenvalue weighted by molar-refractivity contribution is -0.140. The van der Waals surface area contributed by atoms with Gasteiger partial charge in [-0.25, -0.2) is 14.6 Å². The zero-order valence-corrected chi connectivity index (χ0v) is 29.9. The van der Waals surface area contributed by atoms with E-state index in [9.17, 15) is 14.4 Å². The molecule has 270 valence electrons. The van der Waals surface area contributed by atoms with Crippen LogP contribution < -0.4 is 4.74 Å². The van der Waals surface area contributed by atoms with Crippen LogP contribution in [0.5, 0.6) is 5.88 Å². The number of carbonyl (C=O) groups is 3. The highest BCUT2D eigenvalue weighted by Crippen LogP contribution is 2.40. The van der Waals surface area contributed by atoms with Gasteiger partial charge in [-0.05, 0) is 81.2 Å². The van der Waals surface area contributed by atoms with Crippen molar-refractivity contribution in [3.63, 3.8) is 0 Å². The number of rotatable bonds is 13. The van der Waals surface area contributed by atoms with Crippen molar-refractivity contribution in [2.75, 3.05) is 33.4 Å². The van der Waals surface area contributed by atoms with Crippen LogP contribution in [0, 0.1) is 5.92 Å². The summed E-state index contributed by atoms with van der Waals surface area (Å²) < 4.78 is 18.6. The van der Waals surface area contributed by atoms with Crippen molar-refractivity contribution in [2.45, 2.75) is 77.1 Å². The topological polar surface area (TPSA) is 123 Å². The number of ether oxygens (including phenoxy) is 3. The summed E-state index contributed by atoms with van der Waals surface area (Å²) in [6, 6.07) is 20.1. The van der Waals surface area contributed by atoms with Gasteiger partial charge in [0.05, 0.1) is 5.92 Å². The van der Waals surface area contributed by atoms with Crippen LogP contribution in [0.15, 0.2) is 73.1 Å². The average Bonchev–Trinajstić information content (AvgIpc) is 3.91. The van der Waals surface area contributed by atoms with E-state index in [1.165, 1.54) is 0 Å². The number of fused-ring (bicyclic) bond motifs is 1. The van der Waals surface area contributed by atoms with E-state index in [1.807, 2.05) is 51.1 Å². The fourth-order valence-electron chi connectivity index (χ4n) is 7.00. The number of amides is 2. The molecule has 11 heteroatoms. The summed E-state index contributed by atoms with van der Waals surface area (Å²) in [7, 11) is 1.72. The molecule has 2 fully saturated rings. The Kier molecular flexibility index (Phi) is 11.0. The van der Waals surface area contributed by atoms with Crippen LogP contribution in [0.1, 0.15) is 63.5 Å². The largest absolute Gasteiger partial charge is 0.479 e. The predicted octanol–water partition coefficient (Wildman–Crippen LogP) is 6.74. The summed E-state index contributed by atoms with van der Waals surface area (Å²) in [5, 5.41) is 10.1. The molecule has 2 aromatic carbocycles. The van der Waals surface area contributed by atoms with Gasteiger partial charge in [-0.2, -0.15) is 0 Å². The van der Waals surface area contributed by atoms with Crippen LogP contribution in [0.25, 0.3) is 22.0 Å². The molecule has 1 saturated heterocycles. The third-order valence-corrected chi connectivity index (χ3v) is 9.54. The Hall–Kier alpha value is -4.90. The molecule has 3 heterocycles. The van der Waals surface area contributed by atoms with Gasteiger partial charge in [-0.3, -0.25) is 4.79 Å². The minimum absolute atomic E-state index is 0.0546. The molecule has 6 rings (SSSR count). The van der Waals surface area contributed by atoms with E-state index >= 15 is 0 Å². The van der Waals surface area contributed by atoms with Gasteiger partial charge in [-0.15, -0.1) is 0 Å². The minimum atomic E-state index is -1.07. The van der Waals surface area contributed by atoms with E-state index in [4.69, 9.17) is 19.3 Å². The summed E-state index contributed by atoms with van der Waals surface area (Å²) in [4.78, 5) is 47.2. The molecule has 51 heavy (non-hydrogen) atoms. The third kappa shape index (κ3) is 8.89. The van der Waals surface area contributed by atoms with E-state index in [1.54, 1.807) is 24.3 Å². The van der Waals surface area contributed by atoms with Gasteiger partial charge in [0.15, 0.2) is 6.61 Å². The molecule has 2 aliphatic rings. The van der Waals surface area contributed by atoms with Crippen molar-refractivity contribution in [1.29, 1.82) is 0 Å². The number of para-hydroxylation sites is 1. The first-order chi connectivity index (χ1) is 24.5. The van der Waals surface area contributed by atoms with Gasteiger partial charge >= 0.3 is 12.1 Å². The van der Waals surface area contributed by atoms with Crippen molar-refractivity contribution in [1.82, 2.24) is 19.4 Å². The zero-order chi connectivity index (χ0) is 36.1. The number of aryl methyl sites for hydroxylation is 1. The Balaban J connectivity index is 1.30. The maximum absolute atomic E-state index is 14.9. The Morgan fingerprint density at radius 2 is 1.80 bits per heavy atom. The quantitative estimate of drug-likeness (QED) is 0.153. The van der Waals surface area contributed by atoms with Crippen molar-refractivity contribution >= 4 is 28.9 Å². The first kappa shape index (κ1) is 35.9. The first-order valence-electron chi connectivity index (χ1n) is 17.8. The van der Waals surface area contributed by atoms with Gasteiger partial charge < -0.3 is 33.7 Å². The standard InChI is InChI=1S/C40H48N4O7/c1-40(2,3)51-39(48)43-19-17-32(28-10-7-9-27(21-28)29-13-16-36(41-22-29)50-26-37(45)46)34(25-43)38(47)44(31-14-15-31)24-30-23-42(18-8-20-49-4)35-12-6-5-11-33(30)35/h5-7,9-13,16,21-23,31-32,34H,8,14-15,17-20,24-26H2,1-4H3,(H,45,46)/t32-,34+/m1/s1. The van der Waals surface area contributed by atoms with Gasteiger partial charge in [0.1, 0.15) is 5.60 Å². The van der Waals surface area contributed by atoms with E-state index < -0.39 is 30.2 Å². The summed E-state index contributed by atoms with van der Waals surface area (Å²) >= 11 is 0. The molecule has 0 unspecified atom stereocenters. The van der Waals surface area contributed by atoms with Crippen molar-refractivity contribution in [2.24, 2.45) is 5.92 Å². The van der Waals surface area contributed by atoms with Crippen LogP contribution in [-0.4, -0.2) is 87.5 Å². The molecule has 11 nitrogen and oxygen atoms in total. The molecule has 0 radical (unpaired) electrons.